The molecule has 0 atom stereocenters. The van der Waals surface area contributed by atoms with E-state index in [1.807, 2.05) is 0 Å². The average molecular weight is 146 g/mol. The minimum absolute atomic E-state index is 0. The molecule has 0 spiro atoms. The molecule has 0 aliphatic heterocycles. The molecular weight excluding hydrogens is 136 g/mol. The predicted molar refractivity (Wildman–Crippen MR) is 33.2 cm³/mol. The monoisotopic (exact) mass is 146 g/mol. The molecule has 0 aromatic heterocycles. The van der Waals surface area contributed by atoms with Crippen molar-refractivity contribution in [1.29, 1.82) is 0 Å². The van der Waals surface area contributed by atoms with Crippen LogP contribution >= 0.6 is 0 Å². The molecule has 0 amide bonds. The number of carboxylic acids is 1. The summed E-state index contributed by atoms with van der Waals surface area (Å²) in [5, 5.41) is 25.1. The van der Waals surface area contributed by atoms with E-state index in [2.05, 4.69) is 0 Å². The van der Waals surface area contributed by atoms with Crippen molar-refractivity contribution in [2.75, 3.05) is 13.2 Å². The fraction of sp³-hybridized carbons (Fsp3) is 0.667. The van der Waals surface area contributed by atoms with E-state index >= 15 is 0 Å². The first kappa shape index (κ1) is 12.1. The predicted octanol–water partition coefficient (Wildman–Crippen LogP) is -0.857. The van der Waals surface area contributed by atoms with Crippen LogP contribution in [-0.2, 0) is 4.79 Å². The van der Waals surface area contributed by atoms with E-state index in [1.54, 1.807) is 0 Å². The van der Waals surface area contributed by atoms with Crippen LogP contribution in [0.4, 0.5) is 0 Å². The number of aliphatic hydroxyl groups excluding tert-OH is 2. The molecule has 0 rings (SSSR count). The number of rotatable bonds is 3. The van der Waals surface area contributed by atoms with Gasteiger partial charge in [0.15, 0.2) is 0 Å². The molecule has 0 unspecified atom stereocenters. The smallest absolute Gasteiger partial charge is 0.314 e. The van der Waals surface area contributed by atoms with Gasteiger partial charge >= 0.3 is 5.97 Å². The summed E-state index contributed by atoms with van der Waals surface area (Å²) in [6.45, 7) is 0.187. The second kappa shape index (κ2) is 4.24. The number of carbonyl (C=O) groups is 1. The van der Waals surface area contributed by atoms with Crippen molar-refractivity contribution in [3.05, 3.63) is 7.43 Å². The van der Waals surface area contributed by atoms with Gasteiger partial charge in [0.2, 0.25) is 0 Å². The zero-order valence-electron chi connectivity index (χ0n) is 5.66. The molecule has 0 saturated heterocycles. The van der Waals surface area contributed by atoms with E-state index in [0.717, 1.165) is 0 Å². The van der Waals surface area contributed by atoms with Gasteiger partial charge in [-0.1, -0.05) is 0 Å². The molecule has 0 fully saturated rings. The third-order valence-electron chi connectivity index (χ3n) is 1.21. The first-order valence-corrected chi connectivity index (χ1v) is 2.52. The Bertz CT molecular complexity index is 106. The number of aliphatic carboxylic acids is 1. The lowest BCUT2D eigenvalue weighted by molar-refractivity contribution is -0.152. The van der Waals surface area contributed by atoms with Crippen molar-refractivity contribution in [2.24, 2.45) is 5.41 Å². The molecule has 4 radical (unpaired) electrons. The van der Waals surface area contributed by atoms with Gasteiger partial charge in [-0.2, -0.15) is 0 Å². The zero-order chi connectivity index (χ0) is 7.49. The number of carboxylic acid groups (broad SMARTS) is 1. The maximum absolute atomic E-state index is 10.2. The molecule has 3 N–H and O–H groups in total. The minimum atomic E-state index is -1.39. The van der Waals surface area contributed by atoms with Crippen LogP contribution in [0.25, 0.3) is 0 Å². The van der Waals surface area contributed by atoms with E-state index in [0.29, 0.717) is 0 Å². The lowest BCUT2D eigenvalue weighted by Crippen LogP contribution is -2.35. The van der Waals surface area contributed by atoms with Crippen LogP contribution in [0.3, 0.4) is 0 Å². The van der Waals surface area contributed by atoms with Crippen LogP contribution in [0.1, 0.15) is 6.92 Å². The summed E-state index contributed by atoms with van der Waals surface area (Å²) in [6, 6.07) is 0. The third-order valence-corrected chi connectivity index (χ3v) is 1.21. The van der Waals surface area contributed by atoms with Gasteiger partial charge in [-0.15, -0.1) is 0 Å². The summed E-state index contributed by atoms with van der Waals surface area (Å²) in [6.07, 6.45) is 0. The van der Waals surface area contributed by atoms with Crippen LogP contribution in [0.15, 0.2) is 0 Å². The number of hydrogen-bond acceptors (Lipinski definition) is 3. The molecule has 4 nitrogen and oxygen atoms in total. The minimum Gasteiger partial charge on any atom is -0.481 e. The number of hydrogen-bond donors (Lipinski definition) is 3. The Hall–Kier alpha value is -0.610. The Morgan fingerprint density at radius 3 is 1.70 bits per heavy atom. The zero-order valence-corrected chi connectivity index (χ0v) is 5.66. The van der Waals surface area contributed by atoms with Crippen molar-refractivity contribution >= 4 is 5.97 Å². The second-order valence-corrected chi connectivity index (χ2v) is 2.18. The molecule has 0 aliphatic carbocycles. The van der Waals surface area contributed by atoms with E-state index in [4.69, 9.17) is 15.3 Å². The molecule has 0 bridgehead atoms. The molecule has 58 valence electrons. The summed E-state index contributed by atoms with van der Waals surface area (Å²) in [5.74, 6) is -1.19. The third kappa shape index (κ3) is 2.33. The Morgan fingerprint density at radius 2 is 1.70 bits per heavy atom. The summed E-state index contributed by atoms with van der Waals surface area (Å²) in [4.78, 5) is 10.2. The van der Waals surface area contributed by atoms with Crippen LogP contribution < -0.4 is 0 Å². The Labute approximate surface area is 60.1 Å². The molecule has 0 aliphatic rings. The standard InChI is InChI=1S/C5H10O4.C/c1-5(2-6,3-7)4(8)9;/h6-7H,2-3H2,1H3,(H,8,9);. The highest BCUT2D eigenvalue weighted by molar-refractivity contribution is 5.74. The van der Waals surface area contributed by atoms with Gasteiger partial charge in [0.25, 0.3) is 0 Å². The first-order chi connectivity index (χ1) is 4.06. The molecule has 0 aromatic carbocycles. The number of aliphatic hydroxyl groups is 2. The van der Waals surface area contributed by atoms with E-state index in [9.17, 15) is 4.79 Å². The Balaban J connectivity index is 0. The topological polar surface area (TPSA) is 77.8 Å². The van der Waals surface area contributed by atoms with Gasteiger partial charge in [0.1, 0.15) is 5.41 Å². The first-order valence-electron chi connectivity index (χ1n) is 2.52. The van der Waals surface area contributed by atoms with E-state index in [1.165, 1.54) is 6.92 Å². The van der Waals surface area contributed by atoms with E-state index in [-0.39, 0.29) is 7.43 Å². The average Bonchev–Trinajstić information content (AvgIpc) is 1.86. The molecular formula is C6H10O4. The molecule has 0 heterocycles. The van der Waals surface area contributed by atoms with Crippen molar-refractivity contribution < 1.29 is 20.1 Å². The summed E-state index contributed by atoms with van der Waals surface area (Å²) >= 11 is 0. The van der Waals surface area contributed by atoms with Gasteiger partial charge in [-0.05, 0) is 6.92 Å². The quantitative estimate of drug-likeness (QED) is 0.484. The Kier molecular flexibility index (Phi) is 5.14. The van der Waals surface area contributed by atoms with Crippen LogP contribution in [0.5, 0.6) is 0 Å². The molecule has 10 heavy (non-hydrogen) atoms. The normalized spacial score (nSPS) is 10.3. The highest BCUT2D eigenvalue weighted by Crippen LogP contribution is 2.12. The lowest BCUT2D eigenvalue weighted by atomic mass is 9.94. The molecule has 4 heteroatoms. The van der Waals surface area contributed by atoms with Crippen LogP contribution in [-0.4, -0.2) is 34.5 Å². The fourth-order valence-corrected chi connectivity index (χ4v) is 0.185. The SMILES string of the molecule is CC(CO)(CO)C(=O)O.[C]. The van der Waals surface area contributed by atoms with Crippen molar-refractivity contribution in [3.63, 3.8) is 0 Å². The van der Waals surface area contributed by atoms with Crippen molar-refractivity contribution in [1.82, 2.24) is 0 Å². The van der Waals surface area contributed by atoms with Gasteiger partial charge in [0.05, 0.1) is 13.2 Å². The molecule has 0 saturated carbocycles. The van der Waals surface area contributed by atoms with Crippen molar-refractivity contribution in [3.8, 4) is 0 Å². The second-order valence-electron chi connectivity index (χ2n) is 2.18. The van der Waals surface area contributed by atoms with Crippen LogP contribution in [0.2, 0.25) is 0 Å². The van der Waals surface area contributed by atoms with Crippen LogP contribution in [0, 0.1) is 12.8 Å². The Morgan fingerprint density at radius 1 is 1.40 bits per heavy atom. The van der Waals surface area contributed by atoms with Gasteiger partial charge < -0.3 is 15.3 Å². The largest absolute Gasteiger partial charge is 0.481 e. The highest BCUT2D eigenvalue weighted by Gasteiger charge is 2.31. The summed E-state index contributed by atoms with van der Waals surface area (Å²) in [5.41, 5.74) is -1.39. The maximum Gasteiger partial charge on any atom is 0.314 e. The van der Waals surface area contributed by atoms with Crippen molar-refractivity contribution in [2.45, 2.75) is 6.92 Å². The molecule has 0 aromatic rings. The highest BCUT2D eigenvalue weighted by atomic mass is 16.4. The fourth-order valence-electron chi connectivity index (χ4n) is 0.185. The maximum atomic E-state index is 10.2. The lowest BCUT2D eigenvalue weighted by Gasteiger charge is -2.17. The van der Waals surface area contributed by atoms with Gasteiger partial charge in [0, 0.05) is 7.43 Å². The summed E-state index contributed by atoms with van der Waals surface area (Å²) in [7, 11) is 0. The summed E-state index contributed by atoms with van der Waals surface area (Å²) < 4.78 is 0. The van der Waals surface area contributed by atoms with Gasteiger partial charge in [-0.25, -0.2) is 0 Å². The van der Waals surface area contributed by atoms with E-state index < -0.39 is 24.6 Å². The van der Waals surface area contributed by atoms with Gasteiger partial charge in [-0.3, -0.25) is 4.79 Å².